The average molecular weight is 246 g/mol. The molecule has 15 heavy (non-hydrogen) atoms. The van der Waals surface area contributed by atoms with Crippen LogP contribution in [0.4, 0.5) is 0 Å². The van der Waals surface area contributed by atoms with Gasteiger partial charge in [0.15, 0.2) is 5.25 Å². The number of carbonyl (C=O) groups is 2. The van der Waals surface area contributed by atoms with E-state index in [0.717, 1.165) is 0 Å². The van der Waals surface area contributed by atoms with Gasteiger partial charge in [-0.15, -0.1) is 0 Å². The summed E-state index contributed by atoms with van der Waals surface area (Å²) in [4.78, 5) is 20.8. The molecule has 9 heteroatoms. The second-order valence-corrected chi connectivity index (χ2v) is 3.78. The van der Waals surface area contributed by atoms with Crippen LogP contribution in [0.5, 0.6) is 0 Å². The minimum Gasteiger partial charge on any atom is -0.550 e. The largest absolute Gasteiger partial charge is 1.00 e. The molecule has 0 heterocycles. The topological polar surface area (TPSA) is 121 Å². The molecule has 0 aliphatic heterocycles. The zero-order valence-electron chi connectivity index (χ0n) is 7.87. The number of hydrogen-bond donors (Lipinski definition) is 1. The molecule has 1 N–H and O–H groups in total. The van der Waals surface area contributed by atoms with Gasteiger partial charge in [0.1, 0.15) is 0 Å². The predicted molar refractivity (Wildman–Crippen MR) is 41.2 cm³/mol. The second kappa shape index (κ2) is 6.96. The van der Waals surface area contributed by atoms with Crippen LogP contribution in [0.25, 0.3) is 0 Å². The Bertz CT molecular complexity index is 346. The summed E-state index contributed by atoms with van der Waals surface area (Å²) in [5, 5.41) is 7.86. The number of aliphatic carboxylic acids is 1. The maximum Gasteiger partial charge on any atom is 1.00 e. The van der Waals surface area contributed by atoms with Crippen molar-refractivity contribution in [3.8, 4) is 0 Å². The van der Waals surface area contributed by atoms with Gasteiger partial charge < -0.3 is 14.6 Å². The molecule has 0 amide bonds. The van der Waals surface area contributed by atoms with Crippen LogP contribution in [-0.4, -0.2) is 30.2 Å². The zero-order chi connectivity index (χ0) is 11.4. The first kappa shape index (κ1) is 17.0. The average Bonchev–Trinajstić information content (AvgIpc) is 1.98. The summed E-state index contributed by atoms with van der Waals surface area (Å²) < 4.78 is 33.5. The van der Waals surface area contributed by atoms with Crippen molar-refractivity contribution in [3.63, 3.8) is 0 Å². The van der Waals surface area contributed by atoms with Crippen LogP contribution < -0.4 is 34.7 Å². The molecule has 0 bridgehead atoms. The summed E-state index contributed by atoms with van der Waals surface area (Å²) >= 11 is 0. The van der Waals surface area contributed by atoms with Crippen molar-refractivity contribution < 1.29 is 62.0 Å². The molecule has 1 unspecified atom stereocenters. The Morgan fingerprint density at radius 3 is 2.27 bits per heavy atom. The Morgan fingerprint density at radius 2 is 2.00 bits per heavy atom. The summed E-state index contributed by atoms with van der Waals surface area (Å²) in [7, 11) is -4.82. The minimum absolute atomic E-state index is 0. The standard InChI is InChI=1S/C6H8O7S.Na/c1-2-13-6(9)4(3-5(7)8)14(10,11)12;/h2,4H,1,3H2,(H,7,8)(H,10,11,12);/q;+1/p-1. The fraction of sp³-hybridized carbons (Fsp3) is 0.333. The number of carbonyl (C=O) groups excluding carboxylic acids is 2. The molecule has 7 nitrogen and oxygen atoms in total. The molecule has 0 fully saturated rings. The molecule has 0 aliphatic carbocycles. The first-order valence-corrected chi connectivity index (χ1v) is 4.77. The maximum atomic E-state index is 10.8. The number of rotatable bonds is 5. The van der Waals surface area contributed by atoms with E-state index in [4.69, 9.17) is 4.55 Å². The van der Waals surface area contributed by atoms with Gasteiger partial charge in [-0.05, 0) is 0 Å². The quantitative estimate of drug-likeness (QED) is 0.223. The minimum atomic E-state index is -4.82. The van der Waals surface area contributed by atoms with Crippen LogP contribution in [0.15, 0.2) is 12.8 Å². The normalized spacial score (nSPS) is 12.1. The van der Waals surface area contributed by atoms with Crippen molar-refractivity contribution in [2.75, 3.05) is 0 Å². The van der Waals surface area contributed by atoms with Crippen molar-refractivity contribution in [1.82, 2.24) is 0 Å². The van der Waals surface area contributed by atoms with Crippen molar-refractivity contribution in [1.29, 1.82) is 0 Å². The molecular weight excluding hydrogens is 239 g/mol. The molecule has 0 rings (SSSR count). The van der Waals surface area contributed by atoms with Crippen LogP contribution in [0.3, 0.4) is 0 Å². The Morgan fingerprint density at radius 1 is 1.53 bits per heavy atom. The first-order valence-electron chi connectivity index (χ1n) is 3.26. The maximum absolute atomic E-state index is 10.8. The third-order valence-corrected chi connectivity index (χ3v) is 2.25. The third-order valence-electron chi connectivity index (χ3n) is 1.17. The van der Waals surface area contributed by atoms with Crippen molar-refractivity contribution in [2.24, 2.45) is 0 Å². The van der Waals surface area contributed by atoms with Crippen molar-refractivity contribution in [3.05, 3.63) is 12.8 Å². The molecule has 0 saturated heterocycles. The van der Waals surface area contributed by atoms with Gasteiger partial charge in [-0.1, -0.05) is 6.58 Å². The van der Waals surface area contributed by atoms with Gasteiger partial charge in [0.25, 0.3) is 10.1 Å². The van der Waals surface area contributed by atoms with E-state index in [-0.39, 0.29) is 29.6 Å². The summed E-state index contributed by atoms with van der Waals surface area (Å²) in [6.07, 6.45) is -0.554. The Hall–Kier alpha value is -0.410. The fourth-order valence-electron chi connectivity index (χ4n) is 0.620. The van der Waals surface area contributed by atoms with E-state index in [1.807, 2.05) is 0 Å². The van der Waals surface area contributed by atoms with Gasteiger partial charge in [-0.2, -0.15) is 8.42 Å². The molecule has 0 aromatic rings. The summed E-state index contributed by atoms with van der Waals surface area (Å²) in [5.41, 5.74) is 0. The number of esters is 1. The molecule has 1 atom stereocenters. The van der Waals surface area contributed by atoms with Gasteiger partial charge in [0.05, 0.1) is 6.26 Å². The number of carboxylic acids is 1. The van der Waals surface area contributed by atoms with Crippen LogP contribution in [0.1, 0.15) is 6.42 Å². The molecule has 0 aromatic carbocycles. The number of carboxylic acid groups (broad SMARTS) is 1. The number of ether oxygens (including phenoxy) is 1. The van der Waals surface area contributed by atoms with Gasteiger partial charge in [-0.3, -0.25) is 9.35 Å². The monoisotopic (exact) mass is 246 g/mol. The van der Waals surface area contributed by atoms with E-state index in [9.17, 15) is 23.1 Å². The molecule has 0 aromatic heterocycles. The van der Waals surface area contributed by atoms with Crippen molar-refractivity contribution in [2.45, 2.75) is 11.7 Å². The van der Waals surface area contributed by atoms with Gasteiger partial charge >= 0.3 is 35.5 Å². The Kier molecular flexibility index (Phi) is 7.89. The molecule has 0 spiro atoms. The summed E-state index contributed by atoms with van der Waals surface area (Å²) in [6, 6.07) is 0. The zero-order valence-corrected chi connectivity index (χ0v) is 10.7. The van der Waals surface area contributed by atoms with Crippen LogP contribution in [-0.2, 0) is 24.4 Å². The Labute approximate surface area is 108 Å². The Balaban J connectivity index is 0. The van der Waals surface area contributed by atoms with Crippen LogP contribution in [0.2, 0.25) is 0 Å². The fourth-order valence-corrected chi connectivity index (χ4v) is 1.27. The molecular formula is C6H7NaO7S. The van der Waals surface area contributed by atoms with E-state index >= 15 is 0 Å². The van der Waals surface area contributed by atoms with Crippen molar-refractivity contribution >= 4 is 22.1 Å². The molecule has 0 aliphatic rings. The van der Waals surface area contributed by atoms with Gasteiger partial charge in [0, 0.05) is 12.4 Å². The SMILES string of the molecule is C=COC(=O)C(CC(=O)[O-])S(=O)(=O)O.[Na+]. The van der Waals surface area contributed by atoms with Crippen LogP contribution >= 0.6 is 0 Å². The number of hydrogen-bond acceptors (Lipinski definition) is 6. The van der Waals surface area contributed by atoms with Gasteiger partial charge in [0.2, 0.25) is 0 Å². The molecule has 0 radical (unpaired) electrons. The first-order chi connectivity index (χ1) is 6.29. The van der Waals surface area contributed by atoms with E-state index < -0.39 is 33.7 Å². The molecule has 80 valence electrons. The predicted octanol–water partition coefficient (Wildman–Crippen LogP) is -4.93. The third kappa shape index (κ3) is 6.63. The van der Waals surface area contributed by atoms with E-state index in [2.05, 4.69) is 11.3 Å². The summed E-state index contributed by atoms with van der Waals surface area (Å²) in [6.45, 7) is 2.96. The van der Waals surface area contributed by atoms with E-state index in [1.54, 1.807) is 0 Å². The summed E-state index contributed by atoms with van der Waals surface area (Å²) in [5.74, 6) is -3.22. The molecule has 0 saturated carbocycles. The van der Waals surface area contributed by atoms with E-state index in [0.29, 0.717) is 6.26 Å². The second-order valence-electron chi connectivity index (χ2n) is 2.18. The van der Waals surface area contributed by atoms with Crippen LogP contribution in [0, 0.1) is 0 Å². The van der Waals surface area contributed by atoms with E-state index in [1.165, 1.54) is 0 Å². The smallest absolute Gasteiger partial charge is 0.550 e. The van der Waals surface area contributed by atoms with Gasteiger partial charge in [-0.25, -0.2) is 0 Å².